The van der Waals surface area contributed by atoms with Crippen LogP contribution in [0.25, 0.3) is 11.3 Å². The van der Waals surface area contributed by atoms with Crippen LogP contribution in [0.15, 0.2) is 22.7 Å². The number of benzene rings is 1. The van der Waals surface area contributed by atoms with Crippen molar-refractivity contribution in [3.05, 3.63) is 35.3 Å². The molecule has 0 unspecified atom stereocenters. The van der Waals surface area contributed by atoms with E-state index in [1.807, 2.05) is 0 Å². The molecule has 108 valence electrons. The van der Waals surface area contributed by atoms with Gasteiger partial charge in [0.15, 0.2) is 5.76 Å². The molecule has 0 bridgehead atoms. The Bertz CT molecular complexity index is 596. The Hall–Kier alpha value is -1.55. The van der Waals surface area contributed by atoms with Crippen molar-refractivity contribution < 1.29 is 13.7 Å². The van der Waals surface area contributed by atoms with Gasteiger partial charge in [0, 0.05) is 5.56 Å². The molecular weight excluding hydrogens is 281 g/mol. The minimum Gasteiger partial charge on any atom is -0.497 e. The fourth-order valence-electron chi connectivity index (χ4n) is 2.08. The van der Waals surface area contributed by atoms with Crippen molar-refractivity contribution >= 4 is 11.6 Å². The topological polar surface area (TPSA) is 35.3 Å². The molecule has 0 N–H and O–H groups in total. The van der Waals surface area contributed by atoms with Crippen LogP contribution in [0.3, 0.4) is 0 Å². The molecule has 2 rings (SSSR count). The highest BCUT2D eigenvalue weighted by atomic mass is 35.5. The second-order valence-corrected chi connectivity index (χ2v) is 5.28. The average Bonchev–Trinajstić information content (AvgIpc) is 2.81. The second kappa shape index (κ2) is 6.27. The fourth-order valence-corrected chi connectivity index (χ4v) is 2.29. The number of halogens is 2. The quantitative estimate of drug-likeness (QED) is 0.766. The van der Waals surface area contributed by atoms with E-state index in [1.165, 1.54) is 13.2 Å². The van der Waals surface area contributed by atoms with E-state index in [4.69, 9.17) is 20.9 Å². The minimum atomic E-state index is -0.368. The van der Waals surface area contributed by atoms with Gasteiger partial charge in [0.2, 0.25) is 0 Å². The number of nitrogens with zero attached hydrogens (tertiary/aromatic N) is 1. The minimum absolute atomic E-state index is 0.247. The number of aromatic nitrogens is 1. The van der Waals surface area contributed by atoms with E-state index in [9.17, 15) is 4.39 Å². The summed E-state index contributed by atoms with van der Waals surface area (Å²) in [7, 11) is 1.54. The van der Waals surface area contributed by atoms with Gasteiger partial charge >= 0.3 is 0 Å². The van der Waals surface area contributed by atoms with Crippen LogP contribution in [0.4, 0.5) is 4.39 Å². The molecule has 1 heterocycles. The first-order valence-corrected chi connectivity index (χ1v) is 6.97. The number of rotatable bonds is 5. The predicted octanol–water partition coefficient (Wildman–Crippen LogP) is 4.43. The molecule has 5 heteroatoms. The summed E-state index contributed by atoms with van der Waals surface area (Å²) in [6.45, 7) is 4.16. The molecule has 1 aromatic heterocycles. The van der Waals surface area contributed by atoms with Crippen molar-refractivity contribution in [2.45, 2.75) is 26.1 Å². The number of alkyl halides is 1. The molecule has 2 aromatic rings. The van der Waals surface area contributed by atoms with Crippen molar-refractivity contribution in [1.82, 2.24) is 5.16 Å². The zero-order chi connectivity index (χ0) is 14.7. The molecule has 0 fully saturated rings. The van der Waals surface area contributed by atoms with Crippen molar-refractivity contribution in [1.29, 1.82) is 0 Å². The van der Waals surface area contributed by atoms with E-state index in [2.05, 4.69) is 19.0 Å². The average molecular weight is 298 g/mol. The van der Waals surface area contributed by atoms with Crippen LogP contribution in [0.2, 0.25) is 0 Å². The maximum absolute atomic E-state index is 14.0. The molecule has 20 heavy (non-hydrogen) atoms. The van der Waals surface area contributed by atoms with Gasteiger partial charge in [-0.15, -0.1) is 11.6 Å². The summed E-state index contributed by atoms with van der Waals surface area (Å²) in [5.74, 6) is 1.28. The maximum Gasteiger partial charge on any atom is 0.173 e. The molecule has 0 aliphatic rings. The summed E-state index contributed by atoms with van der Waals surface area (Å²) in [6, 6.07) is 4.54. The highest BCUT2D eigenvalue weighted by Gasteiger charge is 2.21. The molecule has 0 saturated heterocycles. The monoisotopic (exact) mass is 297 g/mol. The summed E-state index contributed by atoms with van der Waals surface area (Å²) in [6.07, 6.45) is 0.734. The van der Waals surface area contributed by atoms with Gasteiger partial charge in [-0.3, -0.25) is 0 Å². The maximum atomic E-state index is 14.0. The summed E-state index contributed by atoms with van der Waals surface area (Å²) in [5.41, 5.74) is 1.88. The summed E-state index contributed by atoms with van der Waals surface area (Å²) in [4.78, 5) is 0. The van der Waals surface area contributed by atoms with E-state index in [0.717, 1.165) is 12.0 Å². The molecule has 0 spiro atoms. The summed E-state index contributed by atoms with van der Waals surface area (Å²) in [5, 5.41) is 3.95. The molecule has 0 radical (unpaired) electrons. The third-order valence-electron chi connectivity index (χ3n) is 3.03. The standard InChI is InChI=1S/C15H17ClFNO2/c1-9(2)6-12-14(8-16)18-20-15(12)11-7-10(19-3)4-5-13(11)17/h4-5,7,9H,6,8H2,1-3H3. The van der Waals surface area contributed by atoms with E-state index in [-0.39, 0.29) is 11.7 Å². The van der Waals surface area contributed by atoms with Crippen LogP contribution >= 0.6 is 11.6 Å². The van der Waals surface area contributed by atoms with Crippen molar-refractivity contribution in [2.75, 3.05) is 7.11 Å². The number of ether oxygens (including phenoxy) is 1. The Morgan fingerprint density at radius 1 is 1.40 bits per heavy atom. The Morgan fingerprint density at radius 3 is 2.75 bits per heavy atom. The smallest absolute Gasteiger partial charge is 0.173 e. The van der Waals surface area contributed by atoms with Gasteiger partial charge < -0.3 is 9.26 Å². The molecule has 1 aromatic carbocycles. The van der Waals surface area contributed by atoms with E-state index >= 15 is 0 Å². The van der Waals surface area contributed by atoms with Crippen molar-refractivity contribution in [3.63, 3.8) is 0 Å². The van der Waals surface area contributed by atoms with Crippen molar-refractivity contribution in [3.8, 4) is 17.1 Å². The predicted molar refractivity (Wildman–Crippen MR) is 76.5 cm³/mol. The first-order chi connectivity index (χ1) is 9.56. The number of methoxy groups -OCH3 is 1. The fraction of sp³-hybridized carbons (Fsp3) is 0.400. The van der Waals surface area contributed by atoms with Crippen molar-refractivity contribution in [2.24, 2.45) is 5.92 Å². The Balaban J connectivity index is 2.54. The molecule has 0 aliphatic heterocycles. The lowest BCUT2D eigenvalue weighted by atomic mass is 9.98. The van der Waals surface area contributed by atoms with Crippen LogP contribution in [0, 0.1) is 11.7 Å². The summed E-state index contributed by atoms with van der Waals surface area (Å²) >= 11 is 5.87. The van der Waals surface area contributed by atoms with Gasteiger partial charge in [-0.25, -0.2) is 4.39 Å². The van der Waals surface area contributed by atoms with Gasteiger partial charge in [0.25, 0.3) is 0 Å². The first kappa shape index (κ1) is 14.9. The SMILES string of the molecule is COc1ccc(F)c(-c2onc(CCl)c2CC(C)C)c1. The van der Waals surface area contributed by atoms with Gasteiger partial charge in [-0.05, 0) is 30.5 Å². The lowest BCUT2D eigenvalue weighted by Crippen LogP contribution is -1.99. The first-order valence-electron chi connectivity index (χ1n) is 6.44. The molecular formula is C15H17ClFNO2. The highest BCUT2D eigenvalue weighted by molar-refractivity contribution is 6.17. The number of hydrogen-bond donors (Lipinski definition) is 0. The van der Waals surface area contributed by atoms with Crippen LogP contribution in [0.1, 0.15) is 25.1 Å². The van der Waals surface area contributed by atoms with Crippen LogP contribution in [0.5, 0.6) is 5.75 Å². The molecule has 0 saturated carbocycles. The summed E-state index contributed by atoms with van der Waals surface area (Å²) < 4.78 is 24.5. The second-order valence-electron chi connectivity index (χ2n) is 5.01. The van der Waals surface area contributed by atoms with Gasteiger partial charge in [-0.1, -0.05) is 19.0 Å². The Morgan fingerprint density at radius 2 is 2.15 bits per heavy atom. The Kier molecular flexibility index (Phi) is 4.65. The van der Waals surface area contributed by atoms with Crippen LogP contribution in [-0.2, 0) is 12.3 Å². The molecule has 0 atom stereocenters. The van der Waals surface area contributed by atoms with E-state index < -0.39 is 0 Å². The van der Waals surface area contributed by atoms with Gasteiger partial charge in [-0.2, -0.15) is 0 Å². The lowest BCUT2D eigenvalue weighted by Gasteiger charge is -2.08. The van der Waals surface area contributed by atoms with E-state index in [1.54, 1.807) is 12.1 Å². The van der Waals surface area contributed by atoms with Gasteiger partial charge in [0.05, 0.1) is 18.6 Å². The molecule has 0 aliphatic carbocycles. The number of hydrogen-bond acceptors (Lipinski definition) is 3. The molecule has 0 amide bonds. The molecule has 3 nitrogen and oxygen atoms in total. The van der Waals surface area contributed by atoms with Crippen LogP contribution < -0.4 is 4.74 Å². The van der Waals surface area contributed by atoms with E-state index in [0.29, 0.717) is 28.7 Å². The third kappa shape index (κ3) is 2.96. The third-order valence-corrected chi connectivity index (χ3v) is 3.28. The largest absolute Gasteiger partial charge is 0.497 e. The highest BCUT2D eigenvalue weighted by Crippen LogP contribution is 2.33. The van der Waals surface area contributed by atoms with Crippen LogP contribution in [-0.4, -0.2) is 12.3 Å². The van der Waals surface area contributed by atoms with Gasteiger partial charge in [0.1, 0.15) is 17.3 Å². The zero-order valence-electron chi connectivity index (χ0n) is 11.7. The normalized spacial score (nSPS) is 11.1. The Labute approximate surface area is 122 Å². The zero-order valence-corrected chi connectivity index (χ0v) is 12.5. The lowest BCUT2D eigenvalue weighted by molar-refractivity contribution is 0.410.